The normalized spacial score (nSPS) is 19.7. The molecule has 2 nitrogen and oxygen atoms in total. The lowest BCUT2D eigenvalue weighted by Gasteiger charge is -2.37. The lowest BCUT2D eigenvalue weighted by atomic mass is 9.73. The molecular weight excluding hydrogens is 196 g/mol. The highest BCUT2D eigenvalue weighted by molar-refractivity contribution is 5.35. The smallest absolute Gasteiger partial charge is 0.00997 e. The highest BCUT2D eigenvalue weighted by atomic mass is 14.9. The fourth-order valence-corrected chi connectivity index (χ4v) is 2.59. The molecule has 0 unspecified atom stereocenters. The third kappa shape index (κ3) is 2.00. The van der Waals surface area contributed by atoms with Crippen LogP contribution in [0.4, 0.5) is 0 Å². The fourth-order valence-electron chi connectivity index (χ4n) is 2.59. The van der Waals surface area contributed by atoms with Crippen LogP contribution in [0.15, 0.2) is 18.2 Å². The minimum atomic E-state index is 0.212. The van der Waals surface area contributed by atoms with E-state index in [-0.39, 0.29) is 5.41 Å². The number of hydrogen-bond donors (Lipinski definition) is 2. The Balaban J connectivity index is 2.35. The highest BCUT2D eigenvalue weighted by Gasteiger charge is 2.32. The van der Waals surface area contributed by atoms with Gasteiger partial charge in [0.1, 0.15) is 0 Å². The number of rotatable bonds is 2. The molecule has 16 heavy (non-hydrogen) atoms. The van der Waals surface area contributed by atoms with E-state index in [1.165, 1.54) is 16.7 Å². The molecule has 0 radical (unpaired) electrons. The number of benzene rings is 1. The second-order valence-corrected chi connectivity index (χ2v) is 5.03. The van der Waals surface area contributed by atoms with Gasteiger partial charge in [-0.3, -0.25) is 0 Å². The summed E-state index contributed by atoms with van der Waals surface area (Å²) in [6.45, 7) is 7.28. The number of nitrogens with one attached hydrogen (secondary N) is 1. The summed E-state index contributed by atoms with van der Waals surface area (Å²) in [5, 5.41) is 3.41. The number of hydrogen-bond acceptors (Lipinski definition) is 2. The number of piperidine rings is 1. The SMILES string of the molecule is Cc1ccc(C2(CN)CCNCC2)cc1C. The molecule has 1 fully saturated rings. The zero-order valence-corrected chi connectivity index (χ0v) is 10.3. The molecule has 3 N–H and O–H groups in total. The van der Waals surface area contributed by atoms with Crippen molar-refractivity contribution in [1.82, 2.24) is 5.32 Å². The Kier molecular flexibility index (Phi) is 3.31. The molecule has 1 heterocycles. The van der Waals surface area contributed by atoms with E-state index in [1.54, 1.807) is 0 Å². The molecule has 1 aliphatic rings. The Bertz CT molecular complexity index is 365. The average molecular weight is 218 g/mol. The minimum absolute atomic E-state index is 0.212. The Morgan fingerprint density at radius 1 is 1.19 bits per heavy atom. The van der Waals surface area contributed by atoms with E-state index >= 15 is 0 Å². The van der Waals surface area contributed by atoms with E-state index in [4.69, 9.17) is 5.73 Å². The zero-order chi connectivity index (χ0) is 11.6. The lowest BCUT2D eigenvalue weighted by molar-refractivity contribution is 0.315. The lowest BCUT2D eigenvalue weighted by Crippen LogP contribution is -2.44. The Labute approximate surface area is 98.2 Å². The standard InChI is InChI=1S/C14H22N2/c1-11-3-4-13(9-12(11)2)14(10-15)5-7-16-8-6-14/h3-4,9,16H,5-8,10,15H2,1-2H3. The Morgan fingerprint density at radius 2 is 1.88 bits per heavy atom. The van der Waals surface area contributed by atoms with Crippen LogP contribution in [0.25, 0.3) is 0 Å². The quantitative estimate of drug-likeness (QED) is 0.795. The number of aryl methyl sites for hydroxylation is 2. The maximum Gasteiger partial charge on any atom is 0.00997 e. The van der Waals surface area contributed by atoms with Crippen LogP contribution in [0.2, 0.25) is 0 Å². The maximum absolute atomic E-state index is 6.03. The van der Waals surface area contributed by atoms with Crippen LogP contribution in [0.1, 0.15) is 29.5 Å². The molecular formula is C14H22N2. The van der Waals surface area contributed by atoms with Crippen molar-refractivity contribution in [2.24, 2.45) is 5.73 Å². The van der Waals surface area contributed by atoms with Gasteiger partial charge in [-0.1, -0.05) is 18.2 Å². The van der Waals surface area contributed by atoms with Crippen molar-refractivity contribution in [1.29, 1.82) is 0 Å². The van der Waals surface area contributed by atoms with Crippen LogP contribution in [0.5, 0.6) is 0 Å². The van der Waals surface area contributed by atoms with Crippen LogP contribution in [0.3, 0.4) is 0 Å². The summed E-state index contributed by atoms with van der Waals surface area (Å²) in [6.07, 6.45) is 2.32. The van der Waals surface area contributed by atoms with Crippen molar-refractivity contribution >= 4 is 0 Å². The summed E-state index contributed by atoms with van der Waals surface area (Å²) in [7, 11) is 0. The van der Waals surface area contributed by atoms with Crippen molar-refractivity contribution in [2.45, 2.75) is 32.1 Å². The van der Waals surface area contributed by atoms with Crippen LogP contribution in [0, 0.1) is 13.8 Å². The molecule has 0 saturated carbocycles. The third-order valence-electron chi connectivity index (χ3n) is 4.07. The number of nitrogens with two attached hydrogens (primary N) is 1. The average Bonchev–Trinajstić information content (AvgIpc) is 2.33. The van der Waals surface area contributed by atoms with Gasteiger partial charge in [-0.2, -0.15) is 0 Å². The molecule has 1 aromatic carbocycles. The van der Waals surface area contributed by atoms with Crippen molar-refractivity contribution in [2.75, 3.05) is 19.6 Å². The van der Waals surface area contributed by atoms with Crippen molar-refractivity contribution < 1.29 is 0 Å². The Morgan fingerprint density at radius 3 is 2.44 bits per heavy atom. The van der Waals surface area contributed by atoms with Gasteiger partial charge in [0.05, 0.1) is 0 Å². The van der Waals surface area contributed by atoms with E-state index in [1.807, 2.05) is 0 Å². The molecule has 88 valence electrons. The largest absolute Gasteiger partial charge is 0.330 e. The van der Waals surface area contributed by atoms with Crippen LogP contribution < -0.4 is 11.1 Å². The predicted octanol–water partition coefficient (Wildman–Crippen LogP) is 1.88. The molecule has 0 amide bonds. The first-order valence-corrected chi connectivity index (χ1v) is 6.16. The summed E-state index contributed by atoms with van der Waals surface area (Å²) >= 11 is 0. The zero-order valence-electron chi connectivity index (χ0n) is 10.3. The second kappa shape index (κ2) is 4.56. The molecule has 1 aliphatic heterocycles. The highest BCUT2D eigenvalue weighted by Crippen LogP contribution is 2.33. The molecule has 0 spiro atoms. The van der Waals surface area contributed by atoms with E-state index in [9.17, 15) is 0 Å². The predicted molar refractivity (Wildman–Crippen MR) is 68.8 cm³/mol. The van der Waals surface area contributed by atoms with Crippen molar-refractivity contribution in [3.8, 4) is 0 Å². The van der Waals surface area contributed by atoms with E-state index in [2.05, 4.69) is 37.4 Å². The summed E-state index contributed by atoms with van der Waals surface area (Å²) in [6, 6.07) is 6.82. The van der Waals surface area contributed by atoms with Gasteiger partial charge < -0.3 is 11.1 Å². The third-order valence-corrected chi connectivity index (χ3v) is 4.07. The minimum Gasteiger partial charge on any atom is -0.330 e. The maximum atomic E-state index is 6.03. The van der Waals surface area contributed by atoms with Crippen LogP contribution in [-0.4, -0.2) is 19.6 Å². The summed E-state index contributed by atoms with van der Waals surface area (Å²) < 4.78 is 0. The van der Waals surface area contributed by atoms with E-state index in [0.29, 0.717) is 0 Å². The molecule has 0 aromatic heterocycles. The van der Waals surface area contributed by atoms with Crippen LogP contribution >= 0.6 is 0 Å². The van der Waals surface area contributed by atoms with Gasteiger partial charge in [-0.15, -0.1) is 0 Å². The first-order chi connectivity index (χ1) is 7.68. The summed E-state index contributed by atoms with van der Waals surface area (Å²) in [5.74, 6) is 0. The second-order valence-electron chi connectivity index (χ2n) is 5.03. The fraction of sp³-hybridized carbons (Fsp3) is 0.571. The Hall–Kier alpha value is -0.860. The summed E-state index contributed by atoms with van der Waals surface area (Å²) in [5.41, 5.74) is 10.4. The van der Waals surface area contributed by atoms with Gasteiger partial charge in [-0.25, -0.2) is 0 Å². The van der Waals surface area contributed by atoms with Gasteiger partial charge in [0.2, 0.25) is 0 Å². The molecule has 2 rings (SSSR count). The van der Waals surface area contributed by atoms with Gasteiger partial charge >= 0.3 is 0 Å². The van der Waals surface area contributed by atoms with Crippen molar-refractivity contribution in [3.63, 3.8) is 0 Å². The topological polar surface area (TPSA) is 38.0 Å². The van der Waals surface area contributed by atoms with Gasteiger partial charge in [0.25, 0.3) is 0 Å². The first kappa shape index (κ1) is 11.6. The van der Waals surface area contributed by atoms with Gasteiger partial charge in [0.15, 0.2) is 0 Å². The molecule has 0 aliphatic carbocycles. The molecule has 0 bridgehead atoms. The van der Waals surface area contributed by atoms with Gasteiger partial charge in [0, 0.05) is 12.0 Å². The van der Waals surface area contributed by atoms with E-state index < -0.39 is 0 Å². The molecule has 2 heteroatoms. The van der Waals surface area contributed by atoms with E-state index in [0.717, 1.165) is 32.5 Å². The molecule has 1 saturated heterocycles. The van der Waals surface area contributed by atoms with Crippen LogP contribution in [-0.2, 0) is 5.41 Å². The molecule has 1 aromatic rings. The first-order valence-electron chi connectivity index (χ1n) is 6.16. The van der Waals surface area contributed by atoms with Crippen molar-refractivity contribution in [3.05, 3.63) is 34.9 Å². The van der Waals surface area contributed by atoms with Gasteiger partial charge in [-0.05, 0) is 56.5 Å². The summed E-state index contributed by atoms with van der Waals surface area (Å²) in [4.78, 5) is 0. The monoisotopic (exact) mass is 218 g/mol. The molecule has 0 atom stereocenters.